The van der Waals surface area contributed by atoms with Crippen molar-refractivity contribution in [2.24, 2.45) is 0 Å². The molecule has 2 aromatic carbocycles. The lowest BCUT2D eigenvalue weighted by molar-refractivity contribution is 0.477. The number of nitrogens with zero attached hydrogens (tertiary/aromatic N) is 1. The van der Waals surface area contributed by atoms with E-state index in [-0.39, 0.29) is 4.90 Å². The van der Waals surface area contributed by atoms with Gasteiger partial charge in [-0.25, -0.2) is 8.42 Å². The van der Waals surface area contributed by atoms with Crippen molar-refractivity contribution in [3.63, 3.8) is 0 Å². The zero-order chi connectivity index (χ0) is 18.7. The molecule has 138 valence electrons. The predicted octanol–water partition coefficient (Wildman–Crippen LogP) is 4.59. The number of thiocarbonyl (C=S) groups is 1. The molecule has 1 saturated heterocycles. The zero-order valence-electron chi connectivity index (χ0n) is 13.7. The largest absolute Gasteiger partial charge is 0.332 e. The first kappa shape index (κ1) is 19.4. The average Bonchev–Trinajstić information content (AvgIpc) is 3.14. The van der Waals surface area contributed by atoms with E-state index in [0.717, 1.165) is 12.8 Å². The third-order valence-electron chi connectivity index (χ3n) is 3.99. The third kappa shape index (κ3) is 4.47. The molecule has 1 fully saturated rings. The fourth-order valence-electron chi connectivity index (χ4n) is 2.67. The highest BCUT2D eigenvalue weighted by atomic mass is 35.5. The van der Waals surface area contributed by atoms with Gasteiger partial charge in [-0.05, 0) is 67.5 Å². The van der Waals surface area contributed by atoms with E-state index in [2.05, 4.69) is 10.6 Å². The normalized spacial score (nSPS) is 15.0. The molecule has 0 spiro atoms. The van der Waals surface area contributed by atoms with Gasteiger partial charge in [0.2, 0.25) is 10.0 Å². The third-order valence-corrected chi connectivity index (χ3v) is 6.67. The van der Waals surface area contributed by atoms with Crippen molar-refractivity contribution >= 4 is 61.9 Å². The Bertz CT molecular complexity index is 912. The lowest BCUT2D eigenvalue weighted by Crippen LogP contribution is -2.27. The number of halogens is 2. The van der Waals surface area contributed by atoms with Gasteiger partial charge in [0.1, 0.15) is 0 Å². The summed E-state index contributed by atoms with van der Waals surface area (Å²) in [6, 6.07) is 11.5. The number of rotatable bonds is 4. The molecule has 0 amide bonds. The van der Waals surface area contributed by atoms with Gasteiger partial charge in [-0.1, -0.05) is 23.2 Å². The first-order valence-electron chi connectivity index (χ1n) is 7.99. The van der Waals surface area contributed by atoms with Crippen LogP contribution in [0.5, 0.6) is 0 Å². The molecule has 5 nitrogen and oxygen atoms in total. The van der Waals surface area contributed by atoms with Gasteiger partial charge >= 0.3 is 0 Å². The summed E-state index contributed by atoms with van der Waals surface area (Å²) in [4.78, 5) is 0.279. The summed E-state index contributed by atoms with van der Waals surface area (Å²) in [5.41, 5.74) is 1.26. The van der Waals surface area contributed by atoms with E-state index in [4.69, 9.17) is 35.4 Å². The van der Waals surface area contributed by atoms with Crippen molar-refractivity contribution in [1.29, 1.82) is 0 Å². The Balaban J connectivity index is 1.67. The molecule has 2 N–H and O–H groups in total. The minimum atomic E-state index is -3.42. The van der Waals surface area contributed by atoms with Crippen LogP contribution in [-0.2, 0) is 10.0 Å². The topological polar surface area (TPSA) is 61.4 Å². The second-order valence-corrected chi connectivity index (χ2v) is 9.03. The molecule has 0 atom stereocenters. The maximum atomic E-state index is 12.5. The first-order valence-corrected chi connectivity index (χ1v) is 10.6. The molecule has 0 unspecified atom stereocenters. The Hall–Kier alpha value is -1.38. The van der Waals surface area contributed by atoms with Crippen molar-refractivity contribution in [3.8, 4) is 0 Å². The first-order chi connectivity index (χ1) is 12.4. The van der Waals surface area contributed by atoms with E-state index in [1.54, 1.807) is 42.5 Å². The number of hydrogen-bond donors (Lipinski definition) is 2. The molecule has 2 aromatic rings. The smallest absolute Gasteiger partial charge is 0.243 e. The SMILES string of the molecule is O=S(=O)(c1ccc(NC(=S)Nc2cc(Cl)ccc2Cl)cc1)N1CCCC1. The highest BCUT2D eigenvalue weighted by Crippen LogP contribution is 2.26. The van der Waals surface area contributed by atoms with Crippen molar-refractivity contribution in [2.75, 3.05) is 23.7 Å². The molecule has 0 saturated carbocycles. The van der Waals surface area contributed by atoms with E-state index in [9.17, 15) is 8.42 Å². The van der Waals surface area contributed by atoms with Gasteiger partial charge in [0, 0.05) is 23.8 Å². The summed E-state index contributed by atoms with van der Waals surface area (Å²) in [5.74, 6) is 0. The Morgan fingerprint density at radius 3 is 2.31 bits per heavy atom. The van der Waals surface area contributed by atoms with Crippen LogP contribution >= 0.6 is 35.4 Å². The van der Waals surface area contributed by atoms with Crippen molar-refractivity contribution in [2.45, 2.75) is 17.7 Å². The molecular formula is C17H17Cl2N3O2S2. The second-order valence-electron chi connectivity index (χ2n) is 5.84. The van der Waals surface area contributed by atoms with Crippen molar-refractivity contribution in [3.05, 3.63) is 52.5 Å². The zero-order valence-corrected chi connectivity index (χ0v) is 16.9. The van der Waals surface area contributed by atoms with Gasteiger partial charge in [0.25, 0.3) is 0 Å². The molecule has 0 aliphatic carbocycles. The summed E-state index contributed by atoms with van der Waals surface area (Å²) in [6.45, 7) is 1.16. The van der Waals surface area contributed by atoms with Gasteiger partial charge < -0.3 is 10.6 Å². The van der Waals surface area contributed by atoms with Gasteiger partial charge in [0.15, 0.2) is 5.11 Å². The van der Waals surface area contributed by atoms with Gasteiger partial charge in [0.05, 0.1) is 15.6 Å². The highest BCUT2D eigenvalue weighted by Gasteiger charge is 2.26. The number of benzene rings is 2. The number of sulfonamides is 1. The standard InChI is InChI=1S/C17H17Cl2N3O2S2/c18-12-3-8-15(19)16(11-12)21-17(25)20-13-4-6-14(7-5-13)26(23,24)22-9-1-2-10-22/h3-8,11H,1-2,9-10H2,(H2,20,21,25). The summed E-state index contributed by atoms with van der Waals surface area (Å²) in [7, 11) is -3.42. The molecule has 3 rings (SSSR count). The van der Waals surface area contributed by atoms with Crippen molar-refractivity contribution < 1.29 is 8.42 Å². The minimum Gasteiger partial charge on any atom is -0.332 e. The molecule has 0 bridgehead atoms. The Morgan fingerprint density at radius 1 is 1.00 bits per heavy atom. The van der Waals surface area contributed by atoms with Crippen LogP contribution in [-0.4, -0.2) is 30.9 Å². The van der Waals surface area contributed by atoms with Crippen LogP contribution in [0.15, 0.2) is 47.4 Å². The van der Waals surface area contributed by atoms with Crippen LogP contribution in [0.4, 0.5) is 11.4 Å². The lowest BCUT2D eigenvalue weighted by atomic mass is 10.3. The fourth-order valence-corrected chi connectivity index (χ4v) is 4.75. The lowest BCUT2D eigenvalue weighted by Gasteiger charge is -2.16. The Kier molecular flexibility index (Phi) is 6.04. The second kappa shape index (κ2) is 8.10. The predicted molar refractivity (Wildman–Crippen MR) is 111 cm³/mol. The number of anilines is 2. The minimum absolute atomic E-state index is 0.279. The van der Waals surface area contributed by atoms with E-state index in [1.807, 2.05) is 0 Å². The summed E-state index contributed by atoms with van der Waals surface area (Å²) < 4.78 is 26.6. The maximum absolute atomic E-state index is 12.5. The van der Waals surface area contributed by atoms with Crippen LogP contribution in [0.1, 0.15) is 12.8 Å². The van der Waals surface area contributed by atoms with E-state index < -0.39 is 10.0 Å². The average molecular weight is 430 g/mol. The molecule has 0 radical (unpaired) electrons. The maximum Gasteiger partial charge on any atom is 0.243 e. The molecule has 9 heteroatoms. The van der Waals surface area contributed by atoms with Gasteiger partial charge in [-0.2, -0.15) is 4.31 Å². The van der Waals surface area contributed by atoms with Crippen LogP contribution < -0.4 is 10.6 Å². The quantitative estimate of drug-likeness (QED) is 0.695. The Morgan fingerprint density at radius 2 is 1.65 bits per heavy atom. The van der Waals surface area contributed by atoms with Crippen LogP contribution in [0.2, 0.25) is 10.0 Å². The van der Waals surface area contributed by atoms with Gasteiger partial charge in [-0.15, -0.1) is 0 Å². The summed E-state index contributed by atoms with van der Waals surface area (Å²) in [5, 5.41) is 7.31. The Labute approximate surface area is 168 Å². The van der Waals surface area contributed by atoms with E-state index >= 15 is 0 Å². The van der Waals surface area contributed by atoms with Crippen molar-refractivity contribution in [1.82, 2.24) is 4.31 Å². The number of hydrogen-bond acceptors (Lipinski definition) is 3. The van der Waals surface area contributed by atoms with Gasteiger partial charge in [-0.3, -0.25) is 0 Å². The molecule has 0 aromatic heterocycles. The molecule has 1 aliphatic rings. The summed E-state index contributed by atoms with van der Waals surface area (Å²) in [6.07, 6.45) is 1.82. The highest BCUT2D eigenvalue weighted by molar-refractivity contribution is 7.89. The number of nitrogens with one attached hydrogen (secondary N) is 2. The monoisotopic (exact) mass is 429 g/mol. The van der Waals surface area contributed by atoms with E-state index in [1.165, 1.54) is 4.31 Å². The van der Waals surface area contributed by atoms with E-state index in [0.29, 0.717) is 39.6 Å². The fraction of sp³-hybridized carbons (Fsp3) is 0.235. The summed E-state index contributed by atoms with van der Waals surface area (Å²) >= 11 is 17.3. The molecule has 26 heavy (non-hydrogen) atoms. The molecule has 1 aliphatic heterocycles. The molecule has 1 heterocycles. The van der Waals surface area contributed by atoms with Crippen LogP contribution in [0.25, 0.3) is 0 Å². The van der Waals surface area contributed by atoms with Crippen LogP contribution in [0, 0.1) is 0 Å². The molecular weight excluding hydrogens is 413 g/mol. The van der Waals surface area contributed by atoms with Crippen LogP contribution in [0.3, 0.4) is 0 Å².